The van der Waals surface area contributed by atoms with Crippen LogP contribution in [0.25, 0.3) is 0 Å². The number of esters is 3. The van der Waals surface area contributed by atoms with Crippen molar-refractivity contribution < 1.29 is 38.8 Å². The first-order chi connectivity index (χ1) is 18.9. The summed E-state index contributed by atoms with van der Waals surface area (Å²) in [5.41, 5.74) is -3.56. The fourth-order valence-corrected chi connectivity index (χ4v) is 10.7. The van der Waals surface area contributed by atoms with Crippen molar-refractivity contribution in [2.45, 2.75) is 105 Å². The summed E-state index contributed by atoms with van der Waals surface area (Å²) in [7, 11) is 4.17. The molecule has 0 amide bonds. The van der Waals surface area contributed by atoms with E-state index in [2.05, 4.69) is 26.8 Å². The number of ether oxygens (including phenoxy) is 3. The van der Waals surface area contributed by atoms with Gasteiger partial charge in [-0.1, -0.05) is 39.3 Å². The van der Waals surface area contributed by atoms with Gasteiger partial charge in [-0.3, -0.25) is 14.4 Å². The zero-order chi connectivity index (χ0) is 31.0. The molecule has 0 heterocycles. The highest BCUT2D eigenvalue weighted by molar-refractivity contribution is 5.80. The summed E-state index contributed by atoms with van der Waals surface area (Å²) in [5, 5.41) is 23.6. The highest BCUT2D eigenvalue weighted by Gasteiger charge is 2.73. The van der Waals surface area contributed by atoms with Crippen LogP contribution in [0, 0.1) is 50.7 Å². The zero-order valence-electron chi connectivity index (χ0n) is 26.8. The minimum absolute atomic E-state index is 0.0204. The van der Waals surface area contributed by atoms with Crippen molar-refractivity contribution >= 4 is 17.9 Å². The van der Waals surface area contributed by atoms with Gasteiger partial charge in [0.15, 0.2) is 0 Å². The van der Waals surface area contributed by atoms with E-state index in [9.17, 15) is 24.6 Å². The monoisotopic (exact) mass is 576 g/mol. The average Bonchev–Trinajstić information content (AvgIpc) is 2.90. The van der Waals surface area contributed by atoms with Crippen LogP contribution in [0.5, 0.6) is 0 Å². The second kappa shape index (κ2) is 10.1. The third kappa shape index (κ3) is 4.09. The second-order valence-electron chi connectivity index (χ2n) is 15.1. The second-order valence-corrected chi connectivity index (χ2v) is 15.1. The Balaban J connectivity index is 1.92. The minimum atomic E-state index is -1.23. The SMILES string of the molecule is COC(=O)C[C@]1(C)[C@H]2CC=C3[C@@H]4[C@](C)(O)[C@H](C)C[C@H](O)[C@]4(C(=O)OC)CC[C@@]3(C)[C@]2(C)CC[C@H]1C(C)(C)C(=O)OC. The van der Waals surface area contributed by atoms with Crippen LogP contribution >= 0.6 is 0 Å². The molecule has 2 N–H and O–H groups in total. The molecule has 4 rings (SSSR count). The molecule has 0 saturated heterocycles. The Kier molecular flexibility index (Phi) is 7.86. The van der Waals surface area contributed by atoms with Crippen LogP contribution in [0.15, 0.2) is 11.6 Å². The van der Waals surface area contributed by atoms with E-state index >= 15 is 0 Å². The number of carbonyl (C=O) groups is 3. The van der Waals surface area contributed by atoms with Crippen LogP contribution in [-0.4, -0.2) is 61.2 Å². The summed E-state index contributed by atoms with van der Waals surface area (Å²) in [5.74, 6) is -1.99. The molecule has 0 aliphatic heterocycles. The Bertz CT molecular complexity index is 1120. The molecule has 8 nitrogen and oxygen atoms in total. The number of allylic oxidation sites excluding steroid dienone is 1. The molecule has 232 valence electrons. The Morgan fingerprint density at radius 2 is 1.63 bits per heavy atom. The third-order valence-corrected chi connectivity index (χ3v) is 13.3. The Morgan fingerprint density at radius 3 is 2.20 bits per heavy atom. The molecule has 41 heavy (non-hydrogen) atoms. The van der Waals surface area contributed by atoms with Gasteiger partial charge in [0.25, 0.3) is 0 Å². The van der Waals surface area contributed by atoms with E-state index in [1.807, 2.05) is 27.7 Å². The standard InChI is InChI=1S/C33H52O8/c1-19-17-23(34)33(27(37)41-10)16-15-30(5)20(25(33)32(19,7)38)11-12-22-29(4,18-24(35)39-8)21(13-14-31(22,30)6)28(2,3)26(36)40-9/h11,19,21-23,25,34,38H,12-18H2,1-10H3/t19-,21+,22-,23+,25-,29+,30-,31-,32-,33-/m1/s1. The molecule has 10 atom stereocenters. The molecule has 3 fully saturated rings. The quantitative estimate of drug-likeness (QED) is 0.271. The van der Waals surface area contributed by atoms with E-state index in [4.69, 9.17) is 14.2 Å². The molecule has 4 aliphatic carbocycles. The number of hydrogen-bond donors (Lipinski definition) is 2. The van der Waals surface area contributed by atoms with Gasteiger partial charge in [0.1, 0.15) is 5.41 Å². The van der Waals surface area contributed by atoms with Gasteiger partial charge < -0.3 is 24.4 Å². The lowest BCUT2D eigenvalue weighted by atomic mass is 9.34. The lowest BCUT2D eigenvalue weighted by molar-refractivity contribution is -0.228. The first kappa shape index (κ1) is 32.0. The Labute approximate surface area is 245 Å². The predicted molar refractivity (Wildman–Crippen MR) is 153 cm³/mol. The third-order valence-electron chi connectivity index (χ3n) is 13.3. The number of aliphatic hydroxyl groups excluding tert-OH is 1. The summed E-state index contributed by atoms with van der Waals surface area (Å²) < 4.78 is 15.8. The molecule has 8 heteroatoms. The summed E-state index contributed by atoms with van der Waals surface area (Å²) >= 11 is 0. The maximum absolute atomic E-state index is 13.6. The van der Waals surface area contributed by atoms with E-state index < -0.39 is 45.3 Å². The fourth-order valence-electron chi connectivity index (χ4n) is 10.7. The van der Waals surface area contributed by atoms with Crippen LogP contribution in [-0.2, 0) is 28.6 Å². The molecule has 4 aliphatic rings. The van der Waals surface area contributed by atoms with Crippen molar-refractivity contribution in [3.05, 3.63) is 11.6 Å². The van der Waals surface area contributed by atoms with Crippen LogP contribution in [0.2, 0.25) is 0 Å². The average molecular weight is 577 g/mol. The molecule has 0 spiro atoms. The smallest absolute Gasteiger partial charge is 0.315 e. The van der Waals surface area contributed by atoms with Gasteiger partial charge in [-0.25, -0.2) is 0 Å². The Hall–Kier alpha value is -1.93. The maximum Gasteiger partial charge on any atom is 0.315 e. The van der Waals surface area contributed by atoms with Crippen LogP contribution in [0.1, 0.15) is 93.4 Å². The van der Waals surface area contributed by atoms with Gasteiger partial charge in [-0.05, 0) is 93.3 Å². The highest BCUT2D eigenvalue weighted by atomic mass is 16.5. The first-order valence-electron chi connectivity index (χ1n) is 15.2. The van der Waals surface area contributed by atoms with E-state index in [-0.39, 0.29) is 41.5 Å². The molecule has 3 saturated carbocycles. The van der Waals surface area contributed by atoms with Crippen molar-refractivity contribution in [3.8, 4) is 0 Å². The molecule has 0 aromatic heterocycles. The number of hydrogen-bond acceptors (Lipinski definition) is 8. The minimum Gasteiger partial charge on any atom is -0.469 e. The first-order valence-corrected chi connectivity index (χ1v) is 15.2. The molecule has 0 bridgehead atoms. The van der Waals surface area contributed by atoms with E-state index in [0.29, 0.717) is 32.1 Å². The zero-order valence-corrected chi connectivity index (χ0v) is 26.8. The summed E-state index contributed by atoms with van der Waals surface area (Å²) in [4.78, 5) is 39.6. The number of carbonyl (C=O) groups excluding carboxylic acids is 3. The molecule has 0 aromatic carbocycles. The van der Waals surface area contributed by atoms with E-state index in [1.54, 1.807) is 0 Å². The van der Waals surface area contributed by atoms with Crippen LogP contribution in [0.4, 0.5) is 0 Å². The summed E-state index contributed by atoms with van der Waals surface area (Å²) in [6.07, 6.45) is 4.95. The lowest BCUT2D eigenvalue weighted by Gasteiger charge is -2.70. The summed E-state index contributed by atoms with van der Waals surface area (Å²) in [6.45, 7) is 14.3. The van der Waals surface area contributed by atoms with Gasteiger partial charge in [0.2, 0.25) is 0 Å². The van der Waals surface area contributed by atoms with Crippen molar-refractivity contribution in [1.82, 2.24) is 0 Å². The number of aliphatic hydroxyl groups is 2. The van der Waals surface area contributed by atoms with Crippen molar-refractivity contribution in [2.24, 2.45) is 50.7 Å². The number of methoxy groups -OCH3 is 3. The van der Waals surface area contributed by atoms with Gasteiger partial charge in [-0.15, -0.1) is 0 Å². The normalized spacial score (nSPS) is 45.8. The summed E-state index contributed by atoms with van der Waals surface area (Å²) in [6, 6.07) is 0. The molecule has 0 aromatic rings. The van der Waals surface area contributed by atoms with Crippen LogP contribution < -0.4 is 0 Å². The fraction of sp³-hybridized carbons (Fsp3) is 0.848. The van der Waals surface area contributed by atoms with E-state index in [1.165, 1.54) is 21.3 Å². The largest absolute Gasteiger partial charge is 0.469 e. The van der Waals surface area contributed by atoms with Gasteiger partial charge >= 0.3 is 17.9 Å². The predicted octanol–water partition coefficient (Wildman–Crippen LogP) is 4.85. The van der Waals surface area contributed by atoms with Gasteiger partial charge in [0, 0.05) is 5.92 Å². The number of fused-ring (bicyclic) bond motifs is 5. The van der Waals surface area contributed by atoms with Crippen molar-refractivity contribution in [3.63, 3.8) is 0 Å². The molecule has 0 radical (unpaired) electrons. The van der Waals surface area contributed by atoms with Crippen molar-refractivity contribution in [1.29, 1.82) is 0 Å². The highest BCUT2D eigenvalue weighted by Crippen LogP contribution is 2.75. The number of rotatable bonds is 5. The molecule has 0 unspecified atom stereocenters. The Morgan fingerprint density at radius 1 is 1.00 bits per heavy atom. The van der Waals surface area contributed by atoms with Gasteiger partial charge in [-0.2, -0.15) is 0 Å². The van der Waals surface area contributed by atoms with Crippen LogP contribution in [0.3, 0.4) is 0 Å². The lowest BCUT2D eigenvalue weighted by Crippen LogP contribution is -2.70. The maximum atomic E-state index is 13.6. The van der Waals surface area contributed by atoms with Crippen molar-refractivity contribution in [2.75, 3.05) is 21.3 Å². The molecular weight excluding hydrogens is 524 g/mol. The van der Waals surface area contributed by atoms with Gasteiger partial charge in [0.05, 0.1) is 44.9 Å². The van der Waals surface area contributed by atoms with E-state index in [0.717, 1.165) is 12.0 Å². The topological polar surface area (TPSA) is 119 Å². The molecular formula is C33H52O8.